The van der Waals surface area contributed by atoms with Crippen LogP contribution in [0.3, 0.4) is 0 Å². The molecular formula is C15H18N4O2. The van der Waals surface area contributed by atoms with E-state index < -0.39 is 0 Å². The molecule has 2 amide bonds. The quantitative estimate of drug-likeness (QED) is 0.803. The number of H-pyrrole nitrogens is 1. The number of amides is 2. The highest BCUT2D eigenvalue weighted by Crippen LogP contribution is 2.18. The van der Waals surface area contributed by atoms with Crippen LogP contribution >= 0.6 is 0 Å². The first-order chi connectivity index (χ1) is 10.0. The summed E-state index contributed by atoms with van der Waals surface area (Å²) >= 11 is 0. The van der Waals surface area contributed by atoms with Gasteiger partial charge in [-0.3, -0.25) is 14.7 Å². The molecule has 1 aromatic heterocycles. The first kappa shape index (κ1) is 14.8. The molecule has 21 heavy (non-hydrogen) atoms. The summed E-state index contributed by atoms with van der Waals surface area (Å²) in [5.74, 6) is -0.412. The van der Waals surface area contributed by atoms with Gasteiger partial charge in [0.15, 0.2) is 0 Å². The Morgan fingerprint density at radius 2 is 2.00 bits per heavy atom. The molecule has 0 saturated heterocycles. The van der Waals surface area contributed by atoms with Crippen LogP contribution in [0.4, 0.5) is 5.69 Å². The zero-order chi connectivity index (χ0) is 15.4. The van der Waals surface area contributed by atoms with E-state index in [1.54, 1.807) is 19.1 Å². The Morgan fingerprint density at radius 1 is 1.24 bits per heavy atom. The van der Waals surface area contributed by atoms with Gasteiger partial charge in [0.1, 0.15) is 0 Å². The highest BCUT2D eigenvalue weighted by Gasteiger charge is 2.13. The van der Waals surface area contributed by atoms with E-state index in [1.807, 2.05) is 19.9 Å². The number of anilines is 1. The highest BCUT2D eigenvalue weighted by molar-refractivity contribution is 6.06. The van der Waals surface area contributed by atoms with Gasteiger partial charge >= 0.3 is 0 Å². The van der Waals surface area contributed by atoms with E-state index in [4.69, 9.17) is 0 Å². The molecule has 0 radical (unpaired) electrons. The minimum Gasteiger partial charge on any atom is -0.352 e. The largest absolute Gasteiger partial charge is 0.352 e. The predicted molar refractivity (Wildman–Crippen MR) is 80.5 cm³/mol. The number of rotatable bonds is 4. The van der Waals surface area contributed by atoms with Crippen LogP contribution in [0, 0.1) is 13.8 Å². The Morgan fingerprint density at radius 3 is 2.62 bits per heavy atom. The maximum absolute atomic E-state index is 12.2. The third-order valence-corrected chi connectivity index (χ3v) is 3.16. The summed E-state index contributed by atoms with van der Waals surface area (Å²) in [6, 6.07) is 5.22. The van der Waals surface area contributed by atoms with Crippen LogP contribution in [-0.2, 0) is 0 Å². The highest BCUT2D eigenvalue weighted by atomic mass is 16.2. The second-order valence-electron chi connectivity index (χ2n) is 4.75. The van der Waals surface area contributed by atoms with E-state index >= 15 is 0 Å². The molecule has 1 heterocycles. The Hall–Kier alpha value is -2.63. The molecule has 0 bridgehead atoms. The van der Waals surface area contributed by atoms with Gasteiger partial charge in [-0.25, -0.2) is 0 Å². The normalized spacial score (nSPS) is 10.2. The molecule has 2 aromatic rings. The Balaban J connectivity index is 2.23. The van der Waals surface area contributed by atoms with Gasteiger partial charge in [0.05, 0.1) is 11.8 Å². The van der Waals surface area contributed by atoms with Gasteiger partial charge in [-0.05, 0) is 38.5 Å². The van der Waals surface area contributed by atoms with Gasteiger partial charge in [-0.2, -0.15) is 5.10 Å². The predicted octanol–water partition coefficient (Wildman–Crippen LogP) is 2.03. The molecule has 0 aliphatic heterocycles. The van der Waals surface area contributed by atoms with Crippen molar-refractivity contribution >= 4 is 17.5 Å². The number of nitrogens with one attached hydrogen (secondary N) is 3. The lowest BCUT2D eigenvalue weighted by atomic mass is 10.1. The summed E-state index contributed by atoms with van der Waals surface area (Å²) in [5.41, 5.74) is 3.20. The fourth-order valence-corrected chi connectivity index (χ4v) is 1.93. The molecule has 1 aromatic carbocycles. The molecule has 6 heteroatoms. The van der Waals surface area contributed by atoms with Crippen LogP contribution in [0.25, 0.3) is 0 Å². The summed E-state index contributed by atoms with van der Waals surface area (Å²) in [4.78, 5) is 24.0. The van der Waals surface area contributed by atoms with Crippen LogP contribution in [0.1, 0.15) is 38.9 Å². The zero-order valence-corrected chi connectivity index (χ0v) is 12.3. The van der Waals surface area contributed by atoms with E-state index in [2.05, 4.69) is 20.8 Å². The lowest BCUT2D eigenvalue weighted by molar-refractivity contribution is 0.0954. The number of nitrogens with zero attached hydrogens (tertiary/aromatic N) is 1. The molecule has 2 rings (SSSR count). The average Bonchev–Trinajstić information content (AvgIpc) is 2.87. The lowest BCUT2D eigenvalue weighted by Crippen LogP contribution is -2.23. The summed E-state index contributed by atoms with van der Waals surface area (Å²) in [6.07, 6.45) is 1.48. The van der Waals surface area contributed by atoms with Gasteiger partial charge in [0.25, 0.3) is 11.8 Å². The van der Waals surface area contributed by atoms with Crippen molar-refractivity contribution in [2.24, 2.45) is 0 Å². The standard InChI is InChI=1S/C15H18N4O2/c1-4-16-14(20)11-6-5-9(2)13(7-11)18-15(21)12-8-17-19-10(12)3/h5-8H,4H2,1-3H3,(H,16,20)(H,17,19)(H,18,21). The summed E-state index contributed by atoms with van der Waals surface area (Å²) in [7, 11) is 0. The second-order valence-corrected chi connectivity index (χ2v) is 4.75. The molecule has 0 aliphatic carbocycles. The van der Waals surface area contributed by atoms with E-state index in [9.17, 15) is 9.59 Å². The smallest absolute Gasteiger partial charge is 0.259 e. The van der Waals surface area contributed by atoms with Crippen molar-refractivity contribution in [1.29, 1.82) is 0 Å². The Labute approximate surface area is 122 Å². The molecule has 0 aliphatic rings. The lowest BCUT2D eigenvalue weighted by Gasteiger charge is -2.10. The average molecular weight is 286 g/mol. The van der Waals surface area contributed by atoms with Gasteiger partial charge in [0.2, 0.25) is 0 Å². The minimum absolute atomic E-state index is 0.160. The van der Waals surface area contributed by atoms with Crippen LogP contribution in [0.15, 0.2) is 24.4 Å². The number of benzene rings is 1. The Kier molecular flexibility index (Phi) is 4.37. The second kappa shape index (κ2) is 6.21. The SMILES string of the molecule is CCNC(=O)c1ccc(C)c(NC(=O)c2cn[nH]c2C)c1. The van der Waals surface area contributed by atoms with Gasteiger partial charge in [-0.15, -0.1) is 0 Å². The number of aromatic nitrogens is 2. The summed E-state index contributed by atoms with van der Waals surface area (Å²) in [5, 5.41) is 12.1. The molecule has 0 saturated carbocycles. The summed E-state index contributed by atoms with van der Waals surface area (Å²) < 4.78 is 0. The fourth-order valence-electron chi connectivity index (χ4n) is 1.93. The molecular weight excluding hydrogens is 268 g/mol. The molecule has 0 unspecified atom stereocenters. The van der Waals surface area contributed by atoms with Crippen molar-refractivity contribution in [3.63, 3.8) is 0 Å². The number of carbonyl (C=O) groups excluding carboxylic acids is 2. The van der Waals surface area contributed by atoms with E-state index in [0.717, 1.165) is 5.56 Å². The minimum atomic E-state index is -0.252. The number of carbonyl (C=O) groups is 2. The number of hydrogen-bond donors (Lipinski definition) is 3. The molecule has 6 nitrogen and oxygen atoms in total. The molecule has 3 N–H and O–H groups in total. The topological polar surface area (TPSA) is 86.9 Å². The van der Waals surface area contributed by atoms with Crippen LogP contribution in [-0.4, -0.2) is 28.6 Å². The maximum Gasteiger partial charge on any atom is 0.259 e. The number of aromatic amines is 1. The van der Waals surface area contributed by atoms with Crippen molar-refractivity contribution in [1.82, 2.24) is 15.5 Å². The Bertz CT molecular complexity index is 676. The first-order valence-corrected chi connectivity index (χ1v) is 6.73. The van der Waals surface area contributed by atoms with Crippen LogP contribution < -0.4 is 10.6 Å². The third kappa shape index (κ3) is 3.28. The van der Waals surface area contributed by atoms with Crippen molar-refractivity contribution < 1.29 is 9.59 Å². The molecule has 0 spiro atoms. The van der Waals surface area contributed by atoms with Gasteiger partial charge < -0.3 is 10.6 Å². The third-order valence-electron chi connectivity index (χ3n) is 3.16. The number of aryl methyl sites for hydroxylation is 2. The van der Waals surface area contributed by atoms with E-state index in [1.165, 1.54) is 6.20 Å². The molecule has 110 valence electrons. The van der Waals surface area contributed by atoms with Crippen molar-refractivity contribution in [2.45, 2.75) is 20.8 Å². The van der Waals surface area contributed by atoms with Crippen LogP contribution in [0.2, 0.25) is 0 Å². The number of hydrogen-bond acceptors (Lipinski definition) is 3. The van der Waals surface area contributed by atoms with Gasteiger partial charge in [-0.1, -0.05) is 6.07 Å². The van der Waals surface area contributed by atoms with Crippen molar-refractivity contribution in [3.05, 3.63) is 46.8 Å². The zero-order valence-electron chi connectivity index (χ0n) is 12.3. The first-order valence-electron chi connectivity index (χ1n) is 6.73. The van der Waals surface area contributed by atoms with Crippen molar-refractivity contribution in [3.8, 4) is 0 Å². The monoisotopic (exact) mass is 286 g/mol. The van der Waals surface area contributed by atoms with E-state index in [-0.39, 0.29) is 11.8 Å². The van der Waals surface area contributed by atoms with Crippen LogP contribution in [0.5, 0.6) is 0 Å². The summed E-state index contributed by atoms with van der Waals surface area (Å²) in [6.45, 7) is 6.07. The molecule has 0 atom stereocenters. The maximum atomic E-state index is 12.2. The fraction of sp³-hybridized carbons (Fsp3) is 0.267. The van der Waals surface area contributed by atoms with Crippen molar-refractivity contribution in [2.75, 3.05) is 11.9 Å². The van der Waals surface area contributed by atoms with Gasteiger partial charge in [0, 0.05) is 23.5 Å². The van der Waals surface area contributed by atoms with E-state index in [0.29, 0.717) is 29.1 Å². The molecule has 0 fully saturated rings.